The summed E-state index contributed by atoms with van der Waals surface area (Å²) in [6.45, 7) is 9.80. The van der Waals surface area contributed by atoms with Crippen molar-refractivity contribution in [2.45, 2.75) is 13.8 Å². The van der Waals surface area contributed by atoms with Crippen molar-refractivity contribution >= 4 is 27.7 Å². The van der Waals surface area contributed by atoms with Crippen molar-refractivity contribution in [2.24, 2.45) is 0 Å². The van der Waals surface area contributed by atoms with Crippen LogP contribution in [0.5, 0.6) is 0 Å². The summed E-state index contributed by atoms with van der Waals surface area (Å²) < 4.78 is 1.24. The summed E-state index contributed by atoms with van der Waals surface area (Å²) in [6, 6.07) is 17.1. The van der Waals surface area contributed by atoms with Gasteiger partial charge >= 0.3 is 0 Å². The van der Waals surface area contributed by atoms with E-state index in [4.69, 9.17) is 0 Å². The van der Waals surface area contributed by atoms with Crippen LogP contribution >= 0.6 is 15.9 Å². The smallest absolute Gasteiger partial charge is 0.0399 e. The van der Waals surface area contributed by atoms with Crippen LogP contribution in [-0.4, -0.2) is 37.6 Å². The standard InChI is InChI=1S/C21H25BrN2/c1-17-7-6-10-21(18(17)2)24-13-11-23(12-14-24)16-20(22)15-19-8-4-3-5-9-19/h3-10,15H,11-14,16H2,1-2H3. The van der Waals surface area contributed by atoms with E-state index in [0.717, 1.165) is 32.7 Å². The fourth-order valence-electron chi connectivity index (χ4n) is 3.21. The molecule has 1 heterocycles. The molecule has 126 valence electrons. The Labute approximate surface area is 153 Å². The van der Waals surface area contributed by atoms with Crippen LogP contribution in [0.3, 0.4) is 0 Å². The first-order valence-electron chi connectivity index (χ1n) is 8.58. The minimum atomic E-state index is 0.982. The first-order chi connectivity index (χ1) is 11.6. The molecule has 3 heteroatoms. The molecule has 3 rings (SSSR count). The third kappa shape index (κ3) is 4.28. The van der Waals surface area contributed by atoms with Gasteiger partial charge in [0.05, 0.1) is 0 Å². The molecule has 0 aromatic heterocycles. The van der Waals surface area contributed by atoms with Gasteiger partial charge in [-0.15, -0.1) is 0 Å². The third-order valence-electron chi connectivity index (χ3n) is 4.79. The minimum absolute atomic E-state index is 0.982. The topological polar surface area (TPSA) is 6.48 Å². The largest absolute Gasteiger partial charge is 0.369 e. The zero-order chi connectivity index (χ0) is 16.9. The number of rotatable bonds is 4. The van der Waals surface area contributed by atoms with Crippen LogP contribution in [0, 0.1) is 13.8 Å². The van der Waals surface area contributed by atoms with Crippen molar-refractivity contribution in [3.05, 3.63) is 69.7 Å². The average Bonchev–Trinajstić information content (AvgIpc) is 2.59. The summed E-state index contributed by atoms with van der Waals surface area (Å²) in [6.07, 6.45) is 2.22. The van der Waals surface area contributed by atoms with Gasteiger partial charge in [-0.05, 0) is 42.7 Å². The minimum Gasteiger partial charge on any atom is -0.369 e. The van der Waals surface area contributed by atoms with Crippen LogP contribution < -0.4 is 4.90 Å². The molecule has 0 atom stereocenters. The van der Waals surface area contributed by atoms with Gasteiger partial charge in [0.15, 0.2) is 0 Å². The lowest BCUT2D eigenvalue weighted by molar-refractivity contribution is 0.283. The Bertz CT molecular complexity index is 701. The molecule has 0 radical (unpaired) electrons. The fourth-order valence-corrected chi connectivity index (χ4v) is 3.83. The van der Waals surface area contributed by atoms with Crippen molar-refractivity contribution in [3.63, 3.8) is 0 Å². The van der Waals surface area contributed by atoms with Crippen molar-refractivity contribution in [3.8, 4) is 0 Å². The van der Waals surface area contributed by atoms with E-state index in [1.165, 1.54) is 26.9 Å². The zero-order valence-corrected chi connectivity index (χ0v) is 16.1. The predicted octanol–water partition coefficient (Wildman–Crippen LogP) is 4.86. The molecule has 2 aromatic carbocycles. The average molecular weight is 385 g/mol. The summed E-state index contributed by atoms with van der Waals surface area (Å²) in [5, 5.41) is 0. The molecule has 1 saturated heterocycles. The summed E-state index contributed by atoms with van der Waals surface area (Å²) in [7, 11) is 0. The van der Waals surface area contributed by atoms with E-state index in [-0.39, 0.29) is 0 Å². The number of halogens is 1. The molecule has 1 aliphatic rings. The van der Waals surface area contributed by atoms with Gasteiger partial charge in [-0.2, -0.15) is 0 Å². The maximum Gasteiger partial charge on any atom is 0.0399 e. The quantitative estimate of drug-likeness (QED) is 0.742. The molecule has 1 fully saturated rings. The second kappa shape index (κ2) is 8.00. The van der Waals surface area contributed by atoms with Crippen molar-refractivity contribution in [1.29, 1.82) is 0 Å². The van der Waals surface area contributed by atoms with E-state index in [9.17, 15) is 0 Å². The van der Waals surface area contributed by atoms with Gasteiger partial charge in [0.25, 0.3) is 0 Å². The summed E-state index contributed by atoms with van der Waals surface area (Å²) in [4.78, 5) is 5.04. The molecule has 0 spiro atoms. The lowest BCUT2D eigenvalue weighted by atomic mass is 10.1. The van der Waals surface area contributed by atoms with E-state index < -0.39 is 0 Å². The van der Waals surface area contributed by atoms with Gasteiger partial charge in [-0.25, -0.2) is 0 Å². The monoisotopic (exact) mass is 384 g/mol. The molecular weight excluding hydrogens is 360 g/mol. The van der Waals surface area contributed by atoms with E-state index in [2.05, 4.69) is 94.2 Å². The van der Waals surface area contributed by atoms with Crippen LogP contribution in [0.15, 0.2) is 53.0 Å². The van der Waals surface area contributed by atoms with Crippen molar-refractivity contribution in [2.75, 3.05) is 37.6 Å². The Hall–Kier alpha value is -1.58. The molecule has 0 amide bonds. The third-order valence-corrected chi connectivity index (χ3v) is 5.27. The molecule has 0 saturated carbocycles. The number of anilines is 1. The summed E-state index contributed by atoms with van der Waals surface area (Å²) in [5.41, 5.74) is 5.44. The van der Waals surface area contributed by atoms with E-state index >= 15 is 0 Å². The lowest BCUT2D eigenvalue weighted by Crippen LogP contribution is -2.46. The first kappa shape index (κ1) is 17.2. The van der Waals surface area contributed by atoms with Gasteiger partial charge in [0.1, 0.15) is 0 Å². The van der Waals surface area contributed by atoms with Crippen LogP contribution in [-0.2, 0) is 0 Å². The van der Waals surface area contributed by atoms with E-state index in [0.29, 0.717) is 0 Å². The Balaban J connectivity index is 1.57. The van der Waals surface area contributed by atoms with Gasteiger partial charge in [-0.3, -0.25) is 4.90 Å². The number of nitrogens with zero attached hydrogens (tertiary/aromatic N) is 2. The van der Waals surface area contributed by atoms with Crippen LogP contribution in [0.4, 0.5) is 5.69 Å². The highest BCUT2D eigenvalue weighted by atomic mass is 79.9. The highest BCUT2D eigenvalue weighted by Crippen LogP contribution is 2.24. The van der Waals surface area contributed by atoms with Crippen LogP contribution in [0.2, 0.25) is 0 Å². The summed E-state index contributed by atoms with van der Waals surface area (Å²) >= 11 is 3.74. The fraction of sp³-hybridized carbons (Fsp3) is 0.333. The zero-order valence-electron chi connectivity index (χ0n) is 14.5. The van der Waals surface area contributed by atoms with E-state index in [1.54, 1.807) is 0 Å². The van der Waals surface area contributed by atoms with E-state index in [1.807, 2.05) is 0 Å². The Morgan fingerprint density at radius 3 is 2.38 bits per heavy atom. The normalized spacial score (nSPS) is 16.5. The Morgan fingerprint density at radius 2 is 1.67 bits per heavy atom. The van der Waals surface area contributed by atoms with Gasteiger partial charge in [0, 0.05) is 42.9 Å². The van der Waals surface area contributed by atoms with Gasteiger partial charge in [-0.1, -0.05) is 58.4 Å². The molecule has 0 N–H and O–H groups in total. The number of benzene rings is 2. The number of hydrogen-bond donors (Lipinski definition) is 0. The first-order valence-corrected chi connectivity index (χ1v) is 9.37. The maximum atomic E-state index is 3.74. The lowest BCUT2D eigenvalue weighted by Gasteiger charge is -2.37. The number of piperazine rings is 1. The van der Waals surface area contributed by atoms with Gasteiger partial charge < -0.3 is 4.90 Å². The number of hydrogen-bond acceptors (Lipinski definition) is 2. The number of aryl methyl sites for hydroxylation is 1. The molecule has 0 aliphatic carbocycles. The molecule has 2 aromatic rings. The van der Waals surface area contributed by atoms with Crippen molar-refractivity contribution in [1.82, 2.24) is 4.90 Å². The van der Waals surface area contributed by atoms with Gasteiger partial charge in [0.2, 0.25) is 0 Å². The molecule has 24 heavy (non-hydrogen) atoms. The Kier molecular flexibility index (Phi) is 5.75. The van der Waals surface area contributed by atoms with Crippen molar-refractivity contribution < 1.29 is 0 Å². The Morgan fingerprint density at radius 1 is 0.958 bits per heavy atom. The second-order valence-electron chi connectivity index (χ2n) is 6.48. The highest BCUT2D eigenvalue weighted by Gasteiger charge is 2.19. The predicted molar refractivity (Wildman–Crippen MR) is 108 cm³/mol. The highest BCUT2D eigenvalue weighted by molar-refractivity contribution is 9.11. The summed E-state index contributed by atoms with van der Waals surface area (Å²) in [5.74, 6) is 0. The molecule has 0 bridgehead atoms. The molecular formula is C21H25BrN2. The molecule has 0 unspecified atom stereocenters. The van der Waals surface area contributed by atoms with Crippen LogP contribution in [0.25, 0.3) is 6.08 Å². The molecule has 1 aliphatic heterocycles. The maximum absolute atomic E-state index is 3.74. The van der Waals surface area contributed by atoms with Crippen LogP contribution in [0.1, 0.15) is 16.7 Å². The second-order valence-corrected chi connectivity index (χ2v) is 7.50. The SMILES string of the molecule is Cc1cccc(N2CCN(CC(Br)=Cc3ccccc3)CC2)c1C. The molecule has 2 nitrogen and oxygen atoms in total.